The predicted molar refractivity (Wildman–Crippen MR) is 59.8 cm³/mol. The van der Waals surface area contributed by atoms with Crippen LogP contribution in [0.2, 0.25) is 0 Å². The van der Waals surface area contributed by atoms with Crippen LogP contribution in [0.15, 0.2) is 0 Å². The van der Waals surface area contributed by atoms with Gasteiger partial charge < -0.3 is 14.8 Å². The van der Waals surface area contributed by atoms with Crippen molar-refractivity contribution in [2.45, 2.75) is 32.6 Å². The third-order valence-electron chi connectivity index (χ3n) is 1.93. The standard InChI is InChI=1S/C11H23NO3/c1-3-7-14-8-4-5-9-15-10-6-11(13)12-2/h3-10H2,1-2H3,(H,12,13). The molecule has 0 aromatic carbocycles. The summed E-state index contributed by atoms with van der Waals surface area (Å²) in [6.07, 6.45) is 3.54. The summed E-state index contributed by atoms with van der Waals surface area (Å²) in [5.74, 6) is 0.0290. The molecule has 0 aliphatic heterocycles. The third-order valence-corrected chi connectivity index (χ3v) is 1.93. The number of nitrogens with one attached hydrogen (secondary N) is 1. The Bertz CT molecular complexity index is 151. The van der Waals surface area contributed by atoms with Crippen molar-refractivity contribution in [1.82, 2.24) is 5.32 Å². The van der Waals surface area contributed by atoms with Gasteiger partial charge in [0.2, 0.25) is 5.91 Å². The number of rotatable bonds is 10. The molecule has 0 aromatic heterocycles. The zero-order chi connectivity index (χ0) is 11.4. The Hall–Kier alpha value is -0.610. The van der Waals surface area contributed by atoms with Crippen LogP contribution in [0.25, 0.3) is 0 Å². The fourth-order valence-corrected chi connectivity index (χ4v) is 1.05. The number of amides is 1. The molecule has 0 aromatic rings. The molecule has 4 heteroatoms. The summed E-state index contributed by atoms with van der Waals surface area (Å²) in [6, 6.07) is 0. The van der Waals surface area contributed by atoms with Gasteiger partial charge in [-0.05, 0) is 19.3 Å². The smallest absolute Gasteiger partial charge is 0.222 e. The van der Waals surface area contributed by atoms with E-state index in [0.29, 0.717) is 19.6 Å². The highest BCUT2D eigenvalue weighted by molar-refractivity contribution is 5.75. The number of ether oxygens (including phenoxy) is 2. The van der Waals surface area contributed by atoms with Crippen molar-refractivity contribution >= 4 is 5.91 Å². The SMILES string of the molecule is CCCOCCCCOCCC(=O)NC. The van der Waals surface area contributed by atoms with Crippen molar-refractivity contribution < 1.29 is 14.3 Å². The Balaban J connectivity index is 2.95. The van der Waals surface area contributed by atoms with Crippen molar-refractivity contribution in [1.29, 1.82) is 0 Å². The van der Waals surface area contributed by atoms with Crippen LogP contribution < -0.4 is 5.32 Å². The minimum Gasteiger partial charge on any atom is -0.381 e. The molecule has 0 saturated heterocycles. The lowest BCUT2D eigenvalue weighted by molar-refractivity contribution is -0.121. The van der Waals surface area contributed by atoms with Crippen LogP contribution in [0.3, 0.4) is 0 Å². The van der Waals surface area contributed by atoms with Crippen molar-refractivity contribution in [2.24, 2.45) is 0 Å². The third kappa shape index (κ3) is 11.3. The van der Waals surface area contributed by atoms with Crippen LogP contribution >= 0.6 is 0 Å². The maximum absolute atomic E-state index is 10.8. The van der Waals surface area contributed by atoms with Crippen LogP contribution in [-0.2, 0) is 14.3 Å². The quantitative estimate of drug-likeness (QED) is 0.562. The van der Waals surface area contributed by atoms with E-state index >= 15 is 0 Å². The fourth-order valence-electron chi connectivity index (χ4n) is 1.05. The lowest BCUT2D eigenvalue weighted by Gasteiger charge is -2.04. The van der Waals surface area contributed by atoms with E-state index in [0.717, 1.165) is 32.5 Å². The van der Waals surface area contributed by atoms with E-state index in [-0.39, 0.29) is 5.91 Å². The Kier molecular flexibility index (Phi) is 11.0. The second-order valence-electron chi connectivity index (χ2n) is 3.36. The van der Waals surface area contributed by atoms with Gasteiger partial charge >= 0.3 is 0 Å². The average molecular weight is 217 g/mol. The molecule has 0 heterocycles. The number of carbonyl (C=O) groups excluding carboxylic acids is 1. The van der Waals surface area contributed by atoms with Gasteiger partial charge in [-0.25, -0.2) is 0 Å². The van der Waals surface area contributed by atoms with Gasteiger partial charge in [0.15, 0.2) is 0 Å². The molecule has 0 aliphatic carbocycles. The fraction of sp³-hybridized carbons (Fsp3) is 0.909. The summed E-state index contributed by atoms with van der Waals surface area (Å²) in [5, 5.41) is 2.55. The van der Waals surface area contributed by atoms with Gasteiger partial charge in [0.05, 0.1) is 6.61 Å². The van der Waals surface area contributed by atoms with Crippen molar-refractivity contribution in [3.05, 3.63) is 0 Å². The summed E-state index contributed by atoms with van der Waals surface area (Å²) < 4.78 is 10.6. The molecule has 0 spiro atoms. The highest BCUT2D eigenvalue weighted by Crippen LogP contribution is 1.93. The largest absolute Gasteiger partial charge is 0.381 e. The first-order valence-corrected chi connectivity index (χ1v) is 5.67. The normalized spacial score (nSPS) is 10.3. The molecule has 0 fully saturated rings. The molecule has 0 unspecified atom stereocenters. The van der Waals surface area contributed by atoms with Crippen LogP contribution in [0.5, 0.6) is 0 Å². The Morgan fingerprint density at radius 3 is 2.20 bits per heavy atom. The first-order chi connectivity index (χ1) is 7.31. The van der Waals surface area contributed by atoms with Gasteiger partial charge in [-0.1, -0.05) is 6.92 Å². The monoisotopic (exact) mass is 217 g/mol. The highest BCUT2D eigenvalue weighted by Gasteiger charge is 1.96. The minimum absolute atomic E-state index is 0.0290. The van der Waals surface area contributed by atoms with E-state index in [2.05, 4.69) is 12.2 Å². The molecule has 0 atom stereocenters. The second kappa shape index (κ2) is 11.5. The van der Waals surface area contributed by atoms with E-state index in [4.69, 9.17) is 9.47 Å². The van der Waals surface area contributed by atoms with Crippen molar-refractivity contribution in [3.8, 4) is 0 Å². The Labute approximate surface area is 92.3 Å². The lowest BCUT2D eigenvalue weighted by Crippen LogP contribution is -2.19. The molecule has 0 saturated carbocycles. The topological polar surface area (TPSA) is 47.6 Å². The van der Waals surface area contributed by atoms with Gasteiger partial charge in [-0.15, -0.1) is 0 Å². The van der Waals surface area contributed by atoms with Gasteiger partial charge in [-0.3, -0.25) is 4.79 Å². The van der Waals surface area contributed by atoms with Gasteiger partial charge in [0.1, 0.15) is 0 Å². The summed E-state index contributed by atoms with van der Waals surface area (Å²) in [7, 11) is 1.63. The number of unbranched alkanes of at least 4 members (excludes halogenated alkanes) is 1. The van der Waals surface area contributed by atoms with Gasteiger partial charge in [0, 0.05) is 33.3 Å². The van der Waals surface area contributed by atoms with Gasteiger partial charge in [-0.2, -0.15) is 0 Å². The van der Waals surface area contributed by atoms with E-state index < -0.39 is 0 Å². The molecule has 15 heavy (non-hydrogen) atoms. The lowest BCUT2D eigenvalue weighted by atomic mass is 10.3. The summed E-state index contributed by atoms with van der Waals surface area (Å²) in [4.78, 5) is 10.8. The number of hydrogen-bond donors (Lipinski definition) is 1. The Morgan fingerprint density at radius 1 is 1.07 bits per heavy atom. The first-order valence-electron chi connectivity index (χ1n) is 5.67. The average Bonchev–Trinajstić information content (AvgIpc) is 2.26. The van der Waals surface area contributed by atoms with E-state index in [1.54, 1.807) is 7.05 Å². The van der Waals surface area contributed by atoms with E-state index in [9.17, 15) is 4.79 Å². The van der Waals surface area contributed by atoms with Crippen LogP contribution in [0.1, 0.15) is 32.6 Å². The zero-order valence-corrected chi connectivity index (χ0v) is 9.88. The van der Waals surface area contributed by atoms with Gasteiger partial charge in [0.25, 0.3) is 0 Å². The molecule has 0 bridgehead atoms. The Morgan fingerprint density at radius 2 is 1.67 bits per heavy atom. The minimum atomic E-state index is 0.0290. The van der Waals surface area contributed by atoms with Crippen LogP contribution in [0, 0.1) is 0 Å². The second-order valence-corrected chi connectivity index (χ2v) is 3.36. The van der Waals surface area contributed by atoms with Crippen molar-refractivity contribution in [2.75, 3.05) is 33.5 Å². The summed E-state index contributed by atoms with van der Waals surface area (Å²) in [6.45, 7) is 4.98. The molecule has 0 radical (unpaired) electrons. The molecule has 1 N–H and O–H groups in total. The van der Waals surface area contributed by atoms with Crippen molar-refractivity contribution in [3.63, 3.8) is 0 Å². The summed E-state index contributed by atoms with van der Waals surface area (Å²) >= 11 is 0. The number of hydrogen-bond acceptors (Lipinski definition) is 3. The molecule has 4 nitrogen and oxygen atoms in total. The molecule has 1 amide bonds. The molecular weight excluding hydrogens is 194 g/mol. The molecule has 0 rings (SSSR count). The molecule has 0 aliphatic rings. The summed E-state index contributed by atoms with van der Waals surface area (Å²) in [5.41, 5.74) is 0. The maximum Gasteiger partial charge on any atom is 0.222 e. The van der Waals surface area contributed by atoms with Crippen LogP contribution in [0.4, 0.5) is 0 Å². The van der Waals surface area contributed by atoms with Crippen LogP contribution in [-0.4, -0.2) is 39.4 Å². The maximum atomic E-state index is 10.8. The highest BCUT2D eigenvalue weighted by atomic mass is 16.5. The van der Waals surface area contributed by atoms with E-state index in [1.165, 1.54) is 0 Å². The molecular formula is C11H23NO3. The zero-order valence-electron chi connectivity index (χ0n) is 9.88. The predicted octanol–water partition coefficient (Wildman–Crippen LogP) is 1.35. The first kappa shape index (κ1) is 14.4. The number of carbonyl (C=O) groups is 1. The molecule has 90 valence electrons. The van der Waals surface area contributed by atoms with E-state index in [1.807, 2.05) is 0 Å².